The molecule has 0 heterocycles. The van der Waals surface area contributed by atoms with Crippen molar-refractivity contribution in [2.24, 2.45) is 0 Å². The van der Waals surface area contributed by atoms with E-state index in [9.17, 15) is 9.59 Å². The van der Waals surface area contributed by atoms with E-state index in [0.29, 0.717) is 12.3 Å². The van der Waals surface area contributed by atoms with Crippen LogP contribution in [0.3, 0.4) is 0 Å². The predicted molar refractivity (Wildman–Crippen MR) is 77.6 cm³/mol. The maximum Gasteiger partial charge on any atom is 0.258 e. The van der Waals surface area contributed by atoms with Crippen LogP contribution in [0.5, 0.6) is 5.75 Å². The lowest BCUT2D eigenvalue weighted by molar-refractivity contribution is -0.127. The van der Waals surface area contributed by atoms with Gasteiger partial charge in [-0.15, -0.1) is 0 Å². The fourth-order valence-electron chi connectivity index (χ4n) is 1.64. The molecule has 2 N–H and O–H groups in total. The van der Waals surface area contributed by atoms with Gasteiger partial charge in [-0.2, -0.15) is 0 Å². The molecule has 0 aliphatic rings. The second-order valence-corrected chi connectivity index (χ2v) is 4.38. The third kappa shape index (κ3) is 5.73. The molecule has 1 aromatic rings. The van der Waals surface area contributed by atoms with Gasteiger partial charge in [-0.1, -0.05) is 32.0 Å². The second kappa shape index (κ2) is 8.96. The smallest absolute Gasteiger partial charge is 0.258 e. The summed E-state index contributed by atoms with van der Waals surface area (Å²) in [5.74, 6) is 0.220. The molecule has 0 saturated carbocycles. The van der Waals surface area contributed by atoms with E-state index in [0.717, 1.165) is 18.4 Å². The van der Waals surface area contributed by atoms with Crippen molar-refractivity contribution in [2.75, 3.05) is 19.7 Å². The average molecular weight is 278 g/mol. The van der Waals surface area contributed by atoms with Gasteiger partial charge in [0.2, 0.25) is 5.91 Å². The van der Waals surface area contributed by atoms with E-state index in [-0.39, 0.29) is 25.0 Å². The zero-order valence-corrected chi connectivity index (χ0v) is 12.1. The largest absolute Gasteiger partial charge is 0.483 e. The van der Waals surface area contributed by atoms with Gasteiger partial charge >= 0.3 is 0 Å². The van der Waals surface area contributed by atoms with Crippen molar-refractivity contribution >= 4 is 11.8 Å². The molecule has 1 rings (SSSR count). The van der Waals surface area contributed by atoms with Gasteiger partial charge < -0.3 is 15.4 Å². The minimum absolute atomic E-state index is 0.0163. The lowest BCUT2D eigenvalue weighted by Gasteiger charge is -2.10. The van der Waals surface area contributed by atoms with E-state index in [1.807, 2.05) is 38.1 Å². The number of aryl methyl sites for hydroxylation is 1. The molecule has 1 aromatic carbocycles. The number of nitrogens with one attached hydrogen (secondary N) is 2. The summed E-state index contributed by atoms with van der Waals surface area (Å²) in [5.41, 5.74) is 1.06. The highest BCUT2D eigenvalue weighted by Crippen LogP contribution is 2.17. The van der Waals surface area contributed by atoms with Gasteiger partial charge in [-0.3, -0.25) is 9.59 Å². The summed E-state index contributed by atoms with van der Waals surface area (Å²) < 4.78 is 5.46. The van der Waals surface area contributed by atoms with Crippen LogP contribution in [0.25, 0.3) is 0 Å². The van der Waals surface area contributed by atoms with Gasteiger partial charge in [-0.25, -0.2) is 0 Å². The van der Waals surface area contributed by atoms with Crippen molar-refractivity contribution in [3.63, 3.8) is 0 Å². The Kier molecular flexibility index (Phi) is 7.17. The fraction of sp³-hybridized carbons (Fsp3) is 0.467. The molecular formula is C15H22N2O3. The molecule has 0 atom stereocenters. The molecule has 2 amide bonds. The summed E-state index contributed by atoms with van der Waals surface area (Å²) in [5, 5.41) is 5.21. The monoisotopic (exact) mass is 278 g/mol. The zero-order valence-electron chi connectivity index (χ0n) is 12.1. The number of para-hydroxylation sites is 1. The summed E-state index contributed by atoms with van der Waals surface area (Å²) >= 11 is 0. The highest BCUT2D eigenvalue weighted by molar-refractivity contribution is 5.85. The molecule has 0 fully saturated rings. The Hall–Kier alpha value is -2.04. The molecule has 0 spiro atoms. The highest BCUT2D eigenvalue weighted by Gasteiger charge is 2.07. The number of hydrogen-bond acceptors (Lipinski definition) is 3. The van der Waals surface area contributed by atoms with Crippen molar-refractivity contribution in [3.05, 3.63) is 29.8 Å². The summed E-state index contributed by atoms with van der Waals surface area (Å²) in [6.45, 7) is 4.52. The first-order valence-corrected chi connectivity index (χ1v) is 6.91. The van der Waals surface area contributed by atoms with Crippen LogP contribution < -0.4 is 15.4 Å². The summed E-state index contributed by atoms with van der Waals surface area (Å²) in [4.78, 5) is 22.9. The molecule has 0 unspecified atom stereocenters. The molecule has 20 heavy (non-hydrogen) atoms. The first kappa shape index (κ1) is 16.0. The lowest BCUT2D eigenvalue weighted by atomic mass is 10.1. The van der Waals surface area contributed by atoms with Crippen molar-refractivity contribution in [1.82, 2.24) is 10.6 Å². The number of hydrogen-bond donors (Lipinski definition) is 2. The molecule has 110 valence electrons. The number of amides is 2. The van der Waals surface area contributed by atoms with Crippen LogP contribution in [0.4, 0.5) is 0 Å². The van der Waals surface area contributed by atoms with Crippen LogP contribution in [-0.2, 0) is 16.0 Å². The van der Waals surface area contributed by atoms with E-state index in [1.54, 1.807) is 0 Å². The summed E-state index contributed by atoms with van der Waals surface area (Å²) in [6.07, 6.45) is 1.72. The molecule has 0 saturated heterocycles. The first-order valence-electron chi connectivity index (χ1n) is 6.91. The maximum absolute atomic E-state index is 11.6. The van der Waals surface area contributed by atoms with Crippen LogP contribution >= 0.6 is 0 Å². The molecule has 0 bridgehead atoms. The van der Waals surface area contributed by atoms with Crippen molar-refractivity contribution in [1.29, 1.82) is 0 Å². The maximum atomic E-state index is 11.6. The zero-order chi connectivity index (χ0) is 14.8. The number of carbonyl (C=O) groups is 2. The van der Waals surface area contributed by atoms with Gasteiger partial charge in [0.05, 0.1) is 6.54 Å². The SMILES string of the molecule is CCCNC(=O)CNC(=O)COc1ccccc1CC. The van der Waals surface area contributed by atoms with Crippen molar-refractivity contribution in [2.45, 2.75) is 26.7 Å². The van der Waals surface area contributed by atoms with E-state index >= 15 is 0 Å². The van der Waals surface area contributed by atoms with Gasteiger partial charge in [-0.05, 0) is 24.5 Å². The molecule has 5 nitrogen and oxygen atoms in total. The average Bonchev–Trinajstić information content (AvgIpc) is 2.48. The molecule has 5 heteroatoms. The normalized spacial score (nSPS) is 9.90. The van der Waals surface area contributed by atoms with E-state index in [1.165, 1.54) is 0 Å². The minimum atomic E-state index is -0.303. The van der Waals surface area contributed by atoms with Crippen LogP contribution in [0.1, 0.15) is 25.8 Å². The van der Waals surface area contributed by atoms with E-state index in [2.05, 4.69) is 10.6 Å². The van der Waals surface area contributed by atoms with Crippen LogP contribution in [0, 0.1) is 0 Å². The Morgan fingerprint density at radius 3 is 2.55 bits per heavy atom. The van der Waals surface area contributed by atoms with Gasteiger partial charge in [0, 0.05) is 6.54 Å². The molecule has 0 aliphatic carbocycles. The summed E-state index contributed by atoms with van der Waals surface area (Å²) in [7, 11) is 0. The number of benzene rings is 1. The first-order chi connectivity index (χ1) is 9.67. The van der Waals surface area contributed by atoms with Gasteiger partial charge in [0.1, 0.15) is 5.75 Å². The predicted octanol–water partition coefficient (Wildman–Crippen LogP) is 1.27. The Balaban J connectivity index is 2.31. The summed E-state index contributed by atoms with van der Waals surface area (Å²) in [6, 6.07) is 7.60. The Labute approximate surface area is 119 Å². The van der Waals surface area contributed by atoms with Crippen LogP contribution in [0.2, 0.25) is 0 Å². The Bertz CT molecular complexity index is 446. The lowest BCUT2D eigenvalue weighted by Crippen LogP contribution is -2.39. The van der Waals surface area contributed by atoms with E-state index < -0.39 is 0 Å². The van der Waals surface area contributed by atoms with Gasteiger partial charge in [0.25, 0.3) is 5.91 Å². The quantitative estimate of drug-likeness (QED) is 0.752. The third-order valence-corrected chi connectivity index (χ3v) is 2.73. The molecular weight excluding hydrogens is 256 g/mol. The fourth-order valence-corrected chi connectivity index (χ4v) is 1.64. The van der Waals surface area contributed by atoms with Crippen molar-refractivity contribution < 1.29 is 14.3 Å². The van der Waals surface area contributed by atoms with Gasteiger partial charge in [0.15, 0.2) is 6.61 Å². The number of ether oxygens (including phenoxy) is 1. The van der Waals surface area contributed by atoms with E-state index in [4.69, 9.17) is 4.74 Å². The van der Waals surface area contributed by atoms with Crippen LogP contribution in [-0.4, -0.2) is 31.5 Å². The number of rotatable bonds is 8. The molecule has 0 aliphatic heterocycles. The second-order valence-electron chi connectivity index (χ2n) is 4.38. The third-order valence-electron chi connectivity index (χ3n) is 2.73. The van der Waals surface area contributed by atoms with Crippen molar-refractivity contribution in [3.8, 4) is 5.75 Å². The number of carbonyl (C=O) groups excluding carboxylic acids is 2. The molecule has 0 aromatic heterocycles. The Morgan fingerprint density at radius 2 is 1.85 bits per heavy atom. The highest BCUT2D eigenvalue weighted by atomic mass is 16.5. The topological polar surface area (TPSA) is 67.4 Å². The molecule has 0 radical (unpaired) electrons. The Morgan fingerprint density at radius 1 is 1.10 bits per heavy atom. The van der Waals surface area contributed by atoms with Crippen LogP contribution in [0.15, 0.2) is 24.3 Å². The minimum Gasteiger partial charge on any atom is -0.483 e. The standard InChI is InChI=1S/C15H22N2O3/c1-3-9-16-14(18)10-17-15(19)11-20-13-8-6-5-7-12(13)4-2/h5-8H,3-4,9-11H2,1-2H3,(H,16,18)(H,17,19).